The number of ether oxygens (including phenoxy) is 3. The highest BCUT2D eigenvalue weighted by Gasteiger charge is 2.28. The van der Waals surface area contributed by atoms with E-state index in [9.17, 15) is 28.9 Å². The summed E-state index contributed by atoms with van der Waals surface area (Å²) < 4.78 is 39.6. The van der Waals surface area contributed by atoms with Gasteiger partial charge in [-0.25, -0.2) is 4.57 Å². The molecule has 466 valence electrons. The largest absolute Gasteiger partial charge is 0.472 e. The smallest absolute Gasteiger partial charge is 0.462 e. The standard InChI is InChI=1S/C70H115O11P/c1-4-7-10-13-16-19-22-25-28-31-33-36-38-41-44-47-50-53-56-59-68(72)77-63-67(81-70(74)61-58-55-52-49-46-43-40-37-34-32-29-26-23-20-17-14-11-8-5-2)65-79-82(75,76)78-64-66(62-71)80-69(73)60-57-54-51-48-45-42-39-35-30-27-24-21-18-15-12-9-6-3/h7-8,10-11,16-17,19-20,25-30,33-34,36-37,41,44,50,53,66-67,71H,4-6,9,12-15,18,21-24,31-32,35,38-40,42-43,45-49,51-52,54-65H2,1-3H3,(H,75,76)/b10-7-,11-8-,19-16-,20-17-,28-25-,29-26-,30-27-,36-33-,37-34-,44-41-,53-50-. The topological polar surface area (TPSA) is 155 Å². The summed E-state index contributed by atoms with van der Waals surface area (Å²) >= 11 is 0. The summed E-state index contributed by atoms with van der Waals surface area (Å²) in [7, 11) is -4.78. The molecule has 0 aromatic heterocycles. The number of hydrogen-bond donors (Lipinski definition) is 2. The molecular weight excluding hydrogens is 1050 g/mol. The van der Waals surface area contributed by atoms with Crippen LogP contribution in [0.3, 0.4) is 0 Å². The van der Waals surface area contributed by atoms with Crippen LogP contribution in [-0.2, 0) is 42.2 Å². The predicted molar refractivity (Wildman–Crippen MR) is 343 cm³/mol. The number of phosphoric ester groups is 1. The highest BCUT2D eigenvalue weighted by Crippen LogP contribution is 2.43. The van der Waals surface area contributed by atoms with Crippen molar-refractivity contribution in [1.29, 1.82) is 0 Å². The second kappa shape index (κ2) is 62.7. The molecular formula is C70H115O11P. The number of rotatable bonds is 58. The molecule has 0 aliphatic heterocycles. The van der Waals surface area contributed by atoms with Gasteiger partial charge in [0, 0.05) is 19.3 Å². The molecule has 0 saturated heterocycles. The van der Waals surface area contributed by atoms with Crippen molar-refractivity contribution < 1.29 is 52.2 Å². The zero-order valence-corrected chi connectivity index (χ0v) is 52.6. The van der Waals surface area contributed by atoms with Gasteiger partial charge in [0.2, 0.25) is 0 Å². The van der Waals surface area contributed by atoms with Gasteiger partial charge in [-0.1, -0.05) is 244 Å². The van der Waals surface area contributed by atoms with Crippen LogP contribution in [0.2, 0.25) is 0 Å². The van der Waals surface area contributed by atoms with Gasteiger partial charge in [-0.05, 0) is 122 Å². The maximum absolute atomic E-state index is 13.0. The van der Waals surface area contributed by atoms with Crippen LogP contribution < -0.4 is 0 Å². The average Bonchev–Trinajstić information content (AvgIpc) is 3.47. The van der Waals surface area contributed by atoms with Gasteiger partial charge in [0.25, 0.3) is 0 Å². The van der Waals surface area contributed by atoms with E-state index in [1.165, 1.54) is 57.8 Å². The van der Waals surface area contributed by atoms with Crippen LogP contribution in [0, 0.1) is 0 Å². The van der Waals surface area contributed by atoms with Gasteiger partial charge < -0.3 is 24.2 Å². The molecule has 0 spiro atoms. The molecule has 3 atom stereocenters. The van der Waals surface area contributed by atoms with E-state index in [1.54, 1.807) is 0 Å². The summed E-state index contributed by atoms with van der Waals surface area (Å²) in [5.41, 5.74) is 0. The Hall–Kier alpha value is -4.38. The van der Waals surface area contributed by atoms with E-state index in [0.717, 1.165) is 135 Å². The first-order valence-electron chi connectivity index (χ1n) is 32.1. The third kappa shape index (κ3) is 60.2. The van der Waals surface area contributed by atoms with E-state index >= 15 is 0 Å². The van der Waals surface area contributed by atoms with Crippen LogP contribution in [0.4, 0.5) is 0 Å². The number of hydrogen-bond acceptors (Lipinski definition) is 10. The van der Waals surface area contributed by atoms with E-state index in [1.807, 2.05) is 12.2 Å². The van der Waals surface area contributed by atoms with Gasteiger partial charge in [0.05, 0.1) is 19.8 Å². The van der Waals surface area contributed by atoms with Crippen molar-refractivity contribution in [2.45, 2.75) is 264 Å². The Morgan fingerprint density at radius 1 is 0.354 bits per heavy atom. The van der Waals surface area contributed by atoms with Crippen molar-refractivity contribution in [2.24, 2.45) is 0 Å². The maximum Gasteiger partial charge on any atom is 0.472 e. The Labute approximate surface area is 500 Å². The number of esters is 3. The zero-order chi connectivity index (χ0) is 59.8. The molecule has 0 aliphatic carbocycles. The summed E-state index contributed by atoms with van der Waals surface area (Å²) in [6.07, 6.45) is 79.8. The van der Waals surface area contributed by atoms with Crippen LogP contribution >= 0.6 is 7.82 Å². The molecule has 82 heavy (non-hydrogen) atoms. The SMILES string of the molecule is CC/C=C\C/C=C\C/C=C\C/C=C\C/C=C\C/C=C\CCC(=O)OCC(COP(=O)(O)OCC(CO)OC(=O)CCCCCCCCC/C=C\CCCCCCCC)OC(=O)CCCCCCCC/C=C\C/C=C\C/C=C\C/C=C\CC. The summed E-state index contributed by atoms with van der Waals surface area (Å²) in [5.74, 6) is -1.59. The molecule has 0 heterocycles. The van der Waals surface area contributed by atoms with Crippen LogP contribution in [-0.4, -0.2) is 66.5 Å². The third-order valence-corrected chi connectivity index (χ3v) is 14.0. The molecule has 0 fully saturated rings. The molecule has 0 rings (SSSR count). The highest BCUT2D eigenvalue weighted by atomic mass is 31.2. The maximum atomic E-state index is 13.0. The van der Waals surface area contributed by atoms with Crippen molar-refractivity contribution in [3.8, 4) is 0 Å². The lowest BCUT2D eigenvalue weighted by molar-refractivity contribution is -0.161. The fraction of sp³-hybridized carbons (Fsp3) is 0.643. The van der Waals surface area contributed by atoms with Crippen molar-refractivity contribution in [3.63, 3.8) is 0 Å². The van der Waals surface area contributed by atoms with Crippen molar-refractivity contribution in [2.75, 3.05) is 26.4 Å². The Morgan fingerprint density at radius 3 is 1.04 bits per heavy atom. The van der Waals surface area contributed by atoms with Gasteiger partial charge in [-0.3, -0.25) is 23.4 Å². The van der Waals surface area contributed by atoms with E-state index in [2.05, 4.69) is 142 Å². The van der Waals surface area contributed by atoms with Crippen molar-refractivity contribution in [1.82, 2.24) is 0 Å². The van der Waals surface area contributed by atoms with Gasteiger partial charge in [0.1, 0.15) is 12.7 Å². The summed E-state index contributed by atoms with van der Waals surface area (Å²) in [4.78, 5) is 48.7. The number of unbranched alkanes of at least 4 members (excludes halogenated alkanes) is 19. The molecule has 0 aliphatic rings. The molecule has 0 radical (unpaired) electrons. The Morgan fingerprint density at radius 2 is 0.659 bits per heavy atom. The lowest BCUT2D eigenvalue weighted by atomic mass is 10.1. The first kappa shape index (κ1) is 77.6. The van der Waals surface area contributed by atoms with E-state index in [0.29, 0.717) is 19.3 Å². The molecule has 2 N–H and O–H groups in total. The third-order valence-electron chi connectivity index (χ3n) is 13.1. The molecule has 0 amide bonds. The molecule has 0 aromatic carbocycles. The minimum absolute atomic E-state index is 0.0910. The van der Waals surface area contributed by atoms with E-state index in [4.69, 9.17) is 23.3 Å². The van der Waals surface area contributed by atoms with Crippen LogP contribution in [0.15, 0.2) is 134 Å². The molecule has 0 aromatic rings. The number of carbonyl (C=O) groups is 3. The van der Waals surface area contributed by atoms with E-state index < -0.39 is 57.8 Å². The number of aliphatic hydroxyl groups is 1. The molecule has 0 bridgehead atoms. The lowest BCUT2D eigenvalue weighted by Gasteiger charge is -2.21. The van der Waals surface area contributed by atoms with Gasteiger partial charge in [0.15, 0.2) is 6.10 Å². The zero-order valence-electron chi connectivity index (χ0n) is 51.7. The summed E-state index contributed by atoms with van der Waals surface area (Å²) in [6.45, 7) is 4.32. The number of aliphatic hydroxyl groups excluding tert-OH is 1. The van der Waals surface area contributed by atoms with Gasteiger partial charge in [-0.15, -0.1) is 0 Å². The minimum Gasteiger partial charge on any atom is -0.462 e. The quantitative estimate of drug-likeness (QED) is 0.0197. The Balaban J connectivity index is 4.84. The van der Waals surface area contributed by atoms with Gasteiger partial charge in [-0.2, -0.15) is 0 Å². The number of allylic oxidation sites excluding steroid dienone is 22. The normalized spacial score (nSPS) is 14.2. The fourth-order valence-corrected chi connectivity index (χ4v) is 9.03. The van der Waals surface area contributed by atoms with Crippen molar-refractivity contribution >= 4 is 25.7 Å². The van der Waals surface area contributed by atoms with Crippen molar-refractivity contribution in [3.05, 3.63) is 134 Å². The monoisotopic (exact) mass is 1160 g/mol. The van der Waals surface area contributed by atoms with Crippen LogP contribution in [0.25, 0.3) is 0 Å². The molecule has 0 saturated carbocycles. The first-order valence-corrected chi connectivity index (χ1v) is 33.6. The molecule has 3 unspecified atom stereocenters. The Kier molecular flexibility index (Phi) is 59.3. The molecule has 12 heteroatoms. The number of phosphoric acid groups is 1. The first-order chi connectivity index (χ1) is 40.2. The van der Waals surface area contributed by atoms with Crippen LogP contribution in [0.1, 0.15) is 252 Å². The minimum atomic E-state index is -4.78. The molecule has 11 nitrogen and oxygen atoms in total. The van der Waals surface area contributed by atoms with Crippen LogP contribution in [0.5, 0.6) is 0 Å². The Bertz CT molecular complexity index is 1890. The average molecular weight is 1160 g/mol. The summed E-state index contributed by atoms with van der Waals surface area (Å²) in [5, 5.41) is 9.86. The van der Waals surface area contributed by atoms with Gasteiger partial charge >= 0.3 is 25.7 Å². The second-order valence-electron chi connectivity index (χ2n) is 20.8. The second-order valence-corrected chi connectivity index (χ2v) is 22.3. The lowest BCUT2D eigenvalue weighted by Crippen LogP contribution is -2.30. The number of carbonyl (C=O) groups excluding carboxylic acids is 3. The highest BCUT2D eigenvalue weighted by molar-refractivity contribution is 7.47. The fourth-order valence-electron chi connectivity index (χ4n) is 8.25. The summed E-state index contributed by atoms with van der Waals surface area (Å²) in [6, 6.07) is 0. The predicted octanol–water partition coefficient (Wildman–Crippen LogP) is 19.7. The van der Waals surface area contributed by atoms with E-state index in [-0.39, 0.29) is 25.9 Å².